The van der Waals surface area contributed by atoms with Gasteiger partial charge in [-0.15, -0.1) is 0 Å². The average molecular weight is 286 g/mol. The number of esters is 1. The van der Waals surface area contributed by atoms with Gasteiger partial charge in [-0.2, -0.15) is 5.10 Å². The minimum Gasteiger partial charge on any atom is -0.453 e. The van der Waals surface area contributed by atoms with Gasteiger partial charge in [0, 0.05) is 11.3 Å². The lowest BCUT2D eigenvalue weighted by Gasteiger charge is -2.12. The van der Waals surface area contributed by atoms with Gasteiger partial charge in [-0.25, -0.2) is 0 Å². The average Bonchev–Trinajstić information content (AvgIpc) is 2.76. The molecule has 5 heteroatoms. The molecule has 1 aromatic carbocycles. The Hall–Kier alpha value is -2.43. The summed E-state index contributed by atoms with van der Waals surface area (Å²) in [4.78, 5) is 24.0. The molecule has 2 aromatic rings. The molecule has 0 aliphatic rings. The first-order valence-corrected chi connectivity index (χ1v) is 6.77. The highest BCUT2D eigenvalue weighted by Gasteiger charge is 2.19. The second kappa shape index (κ2) is 6.35. The number of hydrogen-bond acceptors (Lipinski definition) is 4. The lowest BCUT2D eigenvalue weighted by Crippen LogP contribution is -2.27. The molecule has 0 saturated carbocycles. The van der Waals surface area contributed by atoms with E-state index < -0.39 is 12.1 Å². The number of nitrogens with zero attached hydrogens (tertiary/aromatic N) is 2. The summed E-state index contributed by atoms with van der Waals surface area (Å²) in [5.41, 5.74) is 2.25. The molecule has 0 spiro atoms. The van der Waals surface area contributed by atoms with E-state index in [4.69, 9.17) is 4.74 Å². The Balaban J connectivity index is 1.96. The summed E-state index contributed by atoms with van der Waals surface area (Å²) >= 11 is 0. The quantitative estimate of drug-likeness (QED) is 0.625. The van der Waals surface area contributed by atoms with E-state index in [0.29, 0.717) is 5.56 Å². The third kappa shape index (κ3) is 3.78. The van der Waals surface area contributed by atoms with Gasteiger partial charge in [0.05, 0.1) is 5.69 Å². The molecule has 0 aliphatic carbocycles. The minimum absolute atomic E-state index is 0.00603. The SMILES string of the molecule is Cc1cc(C)n(CC(=O)OC(C)C(=O)c2ccccc2)n1. The Morgan fingerprint density at radius 2 is 1.90 bits per heavy atom. The van der Waals surface area contributed by atoms with Gasteiger partial charge in [0.1, 0.15) is 6.54 Å². The van der Waals surface area contributed by atoms with Gasteiger partial charge >= 0.3 is 5.97 Å². The predicted molar refractivity (Wildman–Crippen MR) is 78.0 cm³/mol. The first-order chi connectivity index (χ1) is 9.97. The molecule has 1 atom stereocenters. The van der Waals surface area contributed by atoms with Crippen LogP contribution in [0.4, 0.5) is 0 Å². The van der Waals surface area contributed by atoms with Crippen LogP contribution in [0, 0.1) is 13.8 Å². The van der Waals surface area contributed by atoms with Gasteiger partial charge < -0.3 is 4.74 Å². The Labute approximate surface area is 123 Å². The number of hydrogen-bond donors (Lipinski definition) is 0. The van der Waals surface area contributed by atoms with E-state index in [1.807, 2.05) is 26.0 Å². The van der Waals surface area contributed by atoms with E-state index in [1.165, 1.54) is 0 Å². The molecule has 0 N–H and O–H groups in total. The third-order valence-electron chi connectivity index (χ3n) is 3.12. The number of aromatic nitrogens is 2. The number of ketones is 1. The summed E-state index contributed by atoms with van der Waals surface area (Å²) in [6.07, 6.45) is -0.808. The van der Waals surface area contributed by atoms with Crippen molar-refractivity contribution in [2.75, 3.05) is 0 Å². The summed E-state index contributed by atoms with van der Waals surface area (Å²) in [5, 5.41) is 4.19. The molecule has 5 nitrogen and oxygen atoms in total. The smallest absolute Gasteiger partial charge is 0.328 e. The van der Waals surface area contributed by atoms with Crippen LogP contribution in [0.25, 0.3) is 0 Å². The van der Waals surface area contributed by atoms with Crippen LogP contribution in [0.3, 0.4) is 0 Å². The van der Waals surface area contributed by atoms with Crippen molar-refractivity contribution in [3.63, 3.8) is 0 Å². The maximum atomic E-state index is 12.1. The third-order valence-corrected chi connectivity index (χ3v) is 3.12. The van der Waals surface area contributed by atoms with Crippen LogP contribution >= 0.6 is 0 Å². The summed E-state index contributed by atoms with van der Waals surface area (Å²) in [6, 6.07) is 10.7. The highest BCUT2D eigenvalue weighted by atomic mass is 16.5. The molecule has 2 rings (SSSR count). The number of ether oxygens (including phenoxy) is 1. The standard InChI is InChI=1S/C16H18N2O3/c1-11-9-12(2)18(17-11)10-15(19)21-13(3)16(20)14-7-5-4-6-8-14/h4-9,13H,10H2,1-3H3. The fourth-order valence-electron chi connectivity index (χ4n) is 2.08. The van der Waals surface area contributed by atoms with Crippen LogP contribution in [0.5, 0.6) is 0 Å². The zero-order chi connectivity index (χ0) is 15.4. The van der Waals surface area contributed by atoms with E-state index in [1.54, 1.807) is 35.9 Å². The monoisotopic (exact) mass is 286 g/mol. The summed E-state index contributed by atoms with van der Waals surface area (Å²) in [7, 11) is 0. The summed E-state index contributed by atoms with van der Waals surface area (Å²) < 4.78 is 6.75. The first-order valence-electron chi connectivity index (χ1n) is 6.77. The van der Waals surface area contributed by atoms with Crippen molar-refractivity contribution >= 4 is 11.8 Å². The van der Waals surface area contributed by atoms with Crippen molar-refractivity contribution in [3.8, 4) is 0 Å². The number of carbonyl (C=O) groups is 2. The van der Waals surface area contributed by atoms with Gasteiger partial charge in [-0.3, -0.25) is 14.3 Å². The van der Waals surface area contributed by atoms with Gasteiger partial charge in [0.2, 0.25) is 5.78 Å². The number of Topliss-reactive ketones (excluding diaryl/α,β-unsaturated/α-hetero) is 1. The molecule has 110 valence electrons. The molecule has 0 amide bonds. The molecule has 21 heavy (non-hydrogen) atoms. The molecule has 0 radical (unpaired) electrons. The van der Waals surface area contributed by atoms with Gasteiger partial charge in [-0.1, -0.05) is 30.3 Å². The Kier molecular flexibility index (Phi) is 4.52. The minimum atomic E-state index is -0.808. The van der Waals surface area contributed by atoms with Crippen LogP contribution in [0.15, 0.2) is 36.4 Å². The molecule has 1 aromatic heterocycles. The van der Waals surface area contributed by atoms with Crippen LogP contribution in [-0.2, 0) is 16.1 Å². The highest BCUT2D eigenvalue weighted by molar-refractivity contribution is 6.00. The van der Waals surface area contributed by atoms with Crippen LogP contribution in [0.1, 0.15) is 28.7 Å². The summed E-state index contributed by atoms with van der Waals surface area (Å²) in [5.74, 6) is -0.685. The second-order valence-corrected chi connectivity index (χ2v) is 4.95. The molecular formula is C16H18N2O3. The fraction of sp³-hybridized carbons (Fsp3) is 0.312. The molecule has 1 unspecified atom stereocenters. The largest absolute Gasteiger partial charge is 0.453 e. The van der Waals surface area contributed by atoms with Crippen LogP contribution in [0.2, 0.25) is 0 Å². The van der Waals surface area contributed by atoms with E-state index in [-0.39, 0.29) is 12.3 Å². The maximum Gasteiger partial charge on any atom is 0.328 e. The lowest BCUT2D eigenvalue weighted by molar-refractivity contribution is -0.147. The van der Waals surface area contributed by atoms with Crippen molar-refractivity contribution in [1.29, 1.82) is 0 Å². The predicted octanol–water partition coefficient (Wildman–Crippen LogP) is 2.31. The van der Waals surface area contributed by atoms with Gasteiger partial charge in [-0.05, 0) is 26.8 Å². The van der Waals surface area contributed by atoms with Crippen molar-refractivity contribution in [3.05, 3.63) is 53.3 Å². The Morgan fingerprint density at radius 1 is 1.24 bits per heavy atom. The van der Waals surface area contributed by atoms with E-state index >= 15 is 0 Å². The van der Waals surface area contributed by atoms with Gasteiger partial charge in [0.15, 0.2) is 6.10 Å². The topological polar surface area (TPSA) is 61.2 Å². The van der Waals surface area contributed by atoms with Gasteiger partial charge in [0.25, 0.3) is 0 Å². The molecule has 0 bridgehead atoms. The zero-order valence-electron chi connectivity index (χ0n) is 12.4. The van der Waals surface area contributed by atoms with Crippen molar-refractivity contribution < 1.29 is 14.3 Å². The highest BCUT2D eigenvalue weighted by Crippen LogP contribution is 2.07. The summed E-state index contributed by atoms with van der Waals surface area (Å²) in [6.45, 7) is 5.31. The molecule has 0 aliphatic heterocycles. The van der Waals surface area contributed by atoms with Crippen molar-refractivity contribution in [1.82, 2.24) is 9.78 Å². The van der Waals surface area contributed by atoms with Crippen LogP contribution < -0.4 is 0 Å². The molecule has 0 fully saturated rings. The fourth-order valence-corrected chi connectivity index (χ4v) is 2.08. The zero-order valence-corrected chi connectivity index (χ0v) is 12.4. The number of carbonyl (C=O) groups excluding carboxylic acids is 2. The first kappa shape index (κ1) is 15.0. The molecule has 1 heterocycles. The van der Waals surface area contributed by atoms with Crippen molar-refractivity contribution in [2.24, 2.45) is 0 Å². The molecular weight excluding hydrogens is 268 g/mol. The van der Waals surface area contributed by atoms with Crippen LogP contribution in [-0.4, -0.2) is 27.6 Å². The number of benzene rings is 1. The lowest BCUT2D eigenvalue weighted by atomic mass is 10.1. The van der Waals surface area contributed by atoms with E-state index in [2.05, 4.69) is 5.10 Å². The Bertz CT molecular complexity index is 647. The molecule has 0 saturated heterocycles. The second-order valence-electron chi connectivity index (χ2n) is 4.95. The Morgan fingerprint density at radius 3 is 2.48 bits per heavy atom. The van der Waals surface area contributed by atoms with Crippen molar-refractivity contribution in [2.45, 2.75) is 33.4 Å². The number of aryl methyl sites for hydroxylation is 2. The normalized spacial score (nSPS) is 12.0. The number of rotatable bonds is 5. The maximum absolute atomic E-state index is 12.1. The van der Waals surface area contributed by atoms with E-state index in [9.17, 15) is 9.59 Å². The van der Waals surface area contributed by atoms with E-state index in [0.717, 1.165) is 11.4 Å².